The fourth-order valence-corrected chi connectivity index (χ4v) is 10.4. The molecule has 13 aromatic rings. The molecule has 0 spiro atoms. The fourth-order valence-electron chi connectivity index (χ4n) is 9.14. The van der Waals surface area contributed by atoms with E-state index < -0.39 is 0 Å². The predicted octanol–water partition coefficient (Wildman–Crippen LogP) is 16.0. The zero-order valence-electron chi connectivity index (χ0n) is 33.6. The number of hydrogen-bond acceptors (Lipinski definition) is 6. The Labute approximate surface area is 365 Å². The van der Waals surface area contributed by atoms with Gasteiger partial charge < -0.3 is 8.83 Å². The van der Waals surface area contributed by atoms with E-state index in [2.05, 4.69) is 164 Å². The van der Waals surface area contributed by atoms with Crippen LogP contribution in [0.2, 0.25) is 0 Å². The summed E-state index contributed by atoms with van der Waals surface area (Å²) in [6, 6.07) is 69.7. The Morgan fingerprint density at radius 3 is 1.71 bits per heavy atom. The minimum Gasteiger partial charge on any atom is -0.456 e. The molecule has 9 aromatic carbocycles. The molecule has 0 N–H and O–H groups in total. The second-order valence-corrected chi connectivity index (χ2v) is 16.9. The maximum absolute atomic E-state index is 6.78. The number of aromatic nitrogens is 3. The van der Waals surface area contributed by atoms with E-state index in [9.17, 15) is 0 Å². The van der Waals surface area contributed by atoms with Crippen LogP contribution in [0.4, 0.5) is 0 Å². The first-order valence-corrected chi connectivity index (χ1v) is 21.8. The predicted molar refractivity (Wildman–Crippen MR) is 260 cm³/mol. The molecule has 0 bridgehead atoms. The molecule has 0 amide bonds. The molecule has 0 aliphatic heterocycles. The van der Waals surface area contributed by atoms with Crippen molar-refractivity contribution in [2.24, 2.45) is 0 Å². The van der Waals surface area contributed by atoms with Crippen LogP contribution in [0.3, 0.4) is 0 Å². The molecule has 6 heteroatoms. The van der Waals surface area contributed by atoms with Gasteiger partial charge in [0.1, 0.15) is 22.3 Å². The van der Waals surface area contributed by atoms with Gasteiger partial charge in [-0.1, -0.05) is 158 Å². The van der Waals surface area contributed by atoms with Gasteiger partial charge in [0.15, 0.2) is 17.5 Å². The normalized spacial score (nSPS) is 11.8. The summed E-state index contributed by atoms with van der Waals surface area (Å²) in [4.78, 5) is 15.4. The Balaban J connectivity index is 0.946. The Morgan fingerprint density at radius 1 is 0.317 bits per heavy atom. The van der Waals surface area contributed by atoms with Gasteiger partial charge >= 0.3 is 0 Å². The quantitative estimate of drug-likeness (QED) is 0.167. The Morgan fingerprint density at radius 2 is 0.889 bits per heavy atom. The van der Waals surface area contributed by atoms with Crippen LogP contribution < -0.4 is 0 Å². The van der Waals surface area contributed by atoms with Gasteiger partial charge in [-0.2, -0.15) is 0 Å². The van der Waals surface area contributed by atoms with Crippen molar-refractivity contribution in [2.75, 3.05) is 0 Å². The van der Waals surface area contributed by atoms with Gasteiger partial charge in [-0.05, 0) is 64.7 Å². The number of furan rings is 2. The average molecular weight is 824 g/mol. The highest BCUT2D eigenvalue weighted by atomic mass is 32.1. The van der Waals surface area contributed by atoms with E-state index in [1.54, 1.807) is 0 Å². The molecule has 0 radical (unpaired) electrons. The van der Waals surface area contributed by atoms with Crippen molar-refractivity contribution in [3.05, 3.63) is 200 Å². The largest absolute Gasteiger partial charge is 0.456 e. The monoisotopic (exact) mass is 823 g/mol. The molecule has 294 valence electrons. The lowest BCUT2D eigenvalue weighted by molar-refractivity contribution is 0.669. The minimum atomic E-state index is 0.572. The molecule has 0 unspecified atom stereocenters. The van der Waals surface area contributed by atoms with Crippen LogP contribution in [0.1, 0.15) is 0 Å². The first-order valence-electron chi connectivity index (χ1n) is 21.0. The number of para-hydroxylation sites is 2. The number of rotatable bonds is 6. The van der Waals surface area contributed by atoms with E-state index in [1.807, 2.05) is 47.7 Å². The van der Waals surface area contributed by atoms with E-state index in [0.29, 0.717) is 17.5 Å². The van der Waals surface area contributed by atoms with E-state index in [4.69, 9.17) is 23.8 Å². The van der Waals surface area contributed by atoms with Crippen molar-refractivity contribution in [3.63, 3.8) is 0 Å². The van der Waals surface area contributed by atoms with Crippen LogP contribution in [0, 0.1) is 0 Å². The molecule has 0 aliphatic rings. The molecule has 0 saturated carbocycles. The second-order valence-electron chi connectivity index (χ2n) is 15.9. The third-order valence-electron chi connectivity index (χ3n) is 12.2. The summed E-state index contributed by atoms with van der Waals surface area (Å²) in [7, 11) is 0. The third-order valence-corrected chi connectivity index (χ3v) is 13.4. The maximum Gasteiger partial charge on any atom is 0.164 e. The summed E-state index contributed by atoms with van der Waals surface area (Å²) in [6.07, 6.45) is 0. The Hall–Kier alpha value is -8.19. The van der Waals surface area contributed by atoms with Crippen LogP contribution in [-0.2, 0) is 0 Å². The smallest absolute Gasteiger partial charge is 0.164 e. The average Bonchev–Trinajstić information content (AvgIpc) is 4.06. The van der Waals surface area contributed by atoms with Crippen LogP contribution in [0.15, 0.2) is 209 Å². The van der Waals surface area contributed by atoms with Gasteiger partial charge in [0.05, 0.1) is 0 Å². The van der Waals surface area contributed by atoms with Crippen LogP contribution in [0.25, 0.3) is 132 Å². The van der Waals surface area contributed by atoms with Gasteiger partial charge in [0, 0.05) is 69.5 Å². The zero-order valence-corrected chi connectivity index (χ0v) is 34.4. The summed E-state index contributed by atoms with van der Waals surface area (Å²) in [5.74, 6) is 1.75. The molecule has 0 fully saturated rings. The van der Waals surface area contributed by atoms with E-state index in [-0.39, 0.29) is 0 Å². The maximum atomic E-state index is 6.78. The topological polar surface area (TPSA) is 65.0 Å². The SMILES string of the molecule is c1ccc(-c2cccc(-c3nc(-c4ccc(-c5ccc(-c6cccc7c6sc6ccccc67)c6oc7ccccc7c56)cc4)nc(-c4ccc5c(c4)oc4ccccc45)n3)c2)cc1. The summed E-state index contributed by atoms with van der Waals surface area (Å²) < 4.78 is 15.6. The summed E-state index contributed by atoms with van der Waals surface area (Å²) in [5, 5.41) is 6.86. The highest BCUT2D eigenvalue weighted by molar-refractivity contribution is 7.26. The van der Waals surface area contributed by atoms with Crippen LogP contribution in [0.5, 0.6) is 0 Å². The standard InChI is InChI=1S/C57H33N3O2S/c1-2-12-34(13-3-1)37-14-10-15-38(32-37)56-58-55(59-57(60-56)39-28-29-42-41-16-4-7-21-48(41)61-50(42)33-39)36-26-24-35(25-27-36)40-30-31-44(53-52(40)47-18-5-8-22-49(47)62-53)46-20-11-19-45-43-17-6-9-23-51(43)63-54(45)46/h1-33H. The lowest BCUT2D eigenvalue weighted by Gasteiger charge is -2.11. The molecular formula is C57H33N3O2S. The third kappa shape index (κ3) is 5.87. The van der Waals surface area contributed by atoms with Crippen molar-refractivity contribution in [1.29, 1.82) is 0 Å². The van der Waals surface area contributed by atoms with E-state index in [0.717, 1.165) is 88.4 Å². The van der Waals surface area contributed by atoms with Crippen molar-refractivity contribution >= 4 is 75.4 Å². The van der Waals surface area contributed by atoms with E-state index >= 15 is 0 Å². The summed E-state index contributed by atoms with van der Waals surface area (Å²) in [6.45, 7) is 0. The summed E-state index contributed by atoms with van der Waals surface area (Å²) >= 11 is 1.84. The lowest BCUT2D eigenvalue weighted by Crippen LogP contribution is -2.00. The van der Waals surface area contributed by atoms with Crippen LogP contribution >= 0.6 is 11.3 Å². The van der Waals surface area contributed by atoms with E-state index in [1.165, 1.54) is 25.7 Å². The number of benzene rings is 9. The van der Waals surface area contributed by atoms with Gasteiger partial charge in [0.25, 0.3) is 0 Å². The molecule has 5 nitrogen and oxygen atoms in total. The van der Waals surface area contributed by atoms with Gasteiger partial charge in [0.2, 0.25) is 0 Å². The van der Waals surface area contributed by atoms with Crippen molar-refractivity contribution in [3.8, 4) is 67.5 Å². The number of fused-ring (bicyclic) bond motifs is 9. The molecule has 4 aromatic heterocycles. The first kappa shape index (κ1) is 35.6. The van der Waals surface area contributed by atoms with Gasteiger partial charge in [-0.25, -0.2) is 15.0 Å². The summed E-state index contributed by atoms with van der Waals surface area (Å²) in [5.41, 5.74) is 12.7. The molecule has 13 rings (SSSR count). The second kappa shape index (κ2) is 14.2. The minimum absolute atomic E-state index is 0.572. The molecular weight excluding hydrogens is 791 g/mol. The lowest BCUT2D eigenvalue weighted by atomic mass is 9.93. The Bertz CT molecular complexity index is 3920. The van der Waals surface area contributed by atoms with Crippen molar-refractivity contribution < 1.29 is 8.83 Å². The highest BCUT2D eigenvalue weighted by Gasteiger charge is 2.21. The fraction of sp³-hybridized carbons (Fsp3) is 0. The zero-order chi connectivity index (χ0) is 41.4. The van der Waals surface area contributed by atoms with Crippen molar-refractivity contribution in [2.45, 2.75) is 0 Å². The number of thiophene rings is 1. The number of nitrogens with zero attached hydrogens (tertiary/aromatic N) is 3. The number of hydrogen-bond donors (Lipinski definition) is 0. The highest BCUT2D eigenvalue weighted by Crippen LogP contribution is 2.46. The first-order chi connectivity index (χ1) is 31.2. The molecule has 0 atom stereocenters. The van der Waals surface area contributed by atoms with Crippen molar-refractivity contribution in [1.82, 2.24) is 15.0 Å². The molecule has 4 heterocycles. The van der Waals surface area contributed by atoms with Crippen LogP contribution in [-0.4, -0.2) is 15.0 Å². The van der Waals surface area contributed by atoms with Gasteiger partial charge in [-0.3, -0.25) is 0 Å². The van der Waals surface area contributed by atoms with Gasteiger partial charge in [-0.15, -0.1) is 11.3 Å². The molecule has 0 saturated heterocycles. The molecule has 0 aliphatic carbocycles. The Kier molecular flexibility index (Phi) is 8.01. The molecule has 63 heavy (non-hydrogen) atoms.